The van der Waals surface area contributed by atoms with Crippen LogP contribution >= 0.6 is 0 Å². The van der Waals surface area contributed by atoms with Gasteiger partial charge in [-0.2, -0.15) is 5.26 Å². The summed E-state index contributed by atoms with van der Waals surface area (Å²) in [6.07, 6.45) is 1.37. The second-order valence-electron chi connectivity index (χ2n) is 4.08. The topological polar surface area (TPSA) is 71.5 Å². The SMILES string of the molecule is [C-]#[N+]C(C#N)C(C(C)=O)(C(=O)OCC)C1CC1. The molecule has 17 heavy (non-hydrogen) atoms. The molecule has 5 heteroatoms. The van der Waals surface area contributed by atoms with E-state index in [0.29, 0.717) is 12.8 Å². The van der Waals surface area contributed by atoms with Crippen LogP contribution in [0.25, 0.3) is 4.85 Å². The Morgan fingerprint density at radius 1 is 1.65 bits per heavy atom. The Morgan fingerprint density at radius 2 is 2.24 bits per heavy atom. The van der Waals surface area contributed by atoms with Gasteiger partial charge in [0.2, 0.25) is 5.41 Å². The maximum absolute atomic E-state index is 12.0. The van der Waals surface area contributed by atoms with Gasteiger partial charge in [-0.1, -0.05) is 0 Å². The number of rotatable bonds is 5. The van der Waals surface area contributed by atoms with Crippen molar-refractivity contribution in [1.82, 2.24) is 0 Å². The number of Topliss-reactive ketones (excluding diaryl/α,β-unsaturated/α-hetero) is 1. The normalized spacial score (nSPS) is 19.3. The average Bonchev–Trinajstić information content (AvgIpc) is 3.09. The van der Waals surface area contributed by atoms with Crippen LogP contribution in [0.4, 0.5) is 0 Å². The third-order valence-electron chi connectivity index (χ3n) is 3.10. The predicted molar refractivity (Wildman–Crippen MR) is 58.5 cm³/mol. The molecule has 2 unspecified atom stereocenters. The second kappa shape index (κ2) is 4.97. The minimum atomic E-state index is -1.58. The fourth-order valence-corrected chi connectivity index (χ4v) is 2.15. The first kappa shape index (κ1) is 13.2. The first-order valence-electron chi connectivity index (χ1n) is 5.50. The maximum Gasteiger partial charge on any atom is 0.330 e. The summed E-state index contributed by atoms with van der Waals surface area (Å²) in [5.41, 5.74) is -1.58. The van der Waals surface area contributed by atoms with E-state index in [-0.39, 0.29) is 12.5 Å². The van der Waals surface area contributed by atoms with Crippen molar-refractivity contribution in [3.63, 3.8) is 0 Å². The number of nitriles is 1. The average molecular weight is 234 g/mol. The van der Waals surface area contributed by atoms with Crippen molar-refractivity contribution in [2.24, 2.45) is 11.3 Å². The van der Waals surface area contributed by atoms with Gasteiger partial charge in [0, 0.05) is 0 Å². The zero-order valence-electron chi connectivity index (χ0n) is 9.90. The van der Waals surface area contributed by atoms with Crippen molar-refractivity contribution in [3.05, 3.63) is 11.4 Å². The Kier molecular flexibility index (Phi) is 3.85. The molecule has 0 heterocycles. The van der Waals surface area contributed by atoms with Gasteiger partial charge in [0.1, 0.15) is 0 Å². The molecule has 0 saturated heterocycles. The van der Waals surface area contributed by atoms with Gasteiger partial charge in [-0.3, -0.25) is 14.4 Å². The summed E-state index contributed by atoms with van der Waals surface area (Å²) in [5.74, 6) is -1.39. The first-order chi connectivity index (χ1) is 8.05. The maximum atomic E-state index is 12.0. The molecule has 0 radical (unpaired) electrons. The van der Waals surface area contributed by atoms with Gasteiger partial charge >= 0.3 is 12.0 Å². The first-order valence-corrected chi connectivity index (χ1v) is 5.50. The fraction of sp³-hybridized carbons (Fsp3) is 0.667. The highest BCUT2D eigenvalue weighted by Gasteiger charge is 2.65. The van der Waals surface area contributed by atoms with E-state index < -0.39 is 23.2 Å². The van der Waals surface area contributed by atoms with E-state index in [4.69, 9.17) is 16.6 Å². The lowest BCUT2D eigenvalue weighted by Crippen LogP contribution is -2.49. The van der Waals surface area contributed by atoms with Crippen LogP contribution < -0.4 is 0 Å². The zero-order chi connectivity index (χ0) is 13.1. The lowest BCUT2D eigenvalue weighted by molar-refractivity contribution is -0.161. The highest BCUT2D eigenvalue weighted by molar-refractivity contribution is 6.05. The zero-order valence-corrected chi connectivity index (χ0v) is 9.90. The van der Waals surface area contributed by atoms with Crippen LogP contribution in [0, 0.1) is 29.2 Å². The van der Waals surface area contributed by atoms with Crippen LogP contribution in [0.3, 0.4) is 0 Å². The number of hydrogen-bond acceptors (Lipinski definition) is 4. The standard InChI is InChI=1S/C12H14N2O3/c1-4-17-11(16)12(8(2)15,9-5-6-9)10(7-13)14-3/h9-10H,4-6H2,1-2H3. The minimum absolute atomic E-state index is 0.136. The van der Waals surface area contributed by atoms with Gasteiger partial charge in [0.25, 0.3) is 0 Å². The number of esters is 1. The van der Waals surface area contributed by atoms with Crippen molar-refractivity contribution in [2.75, 3.05) is 6.61 Å². The molecule has 2 atom stereocenters. The Bertz CT molecular complexity index is 400. The molecule has 1 rings (SSSR count). The molecule has 0 aromatic heterocycles. The highest BCUT2D eigenvalue weighted by atomic mass is 16.5. The summed E-state index contributed by atoms with van der Waals surface area (Å²) in [7, 11) is 0. The van der Waals surface area contributed by atoms with E-state index in [1.54, 1.807) is 13.0 Å². The van der Waals surface area contributed by atoms with Crippen LogP contribution in [-0.2, 0) is 14.3 Å². The van der Waals surface area contributed by atoms with Crippen LogP contribution in [0.1, 0.15) is 26.7 Å². The van der Waals surface area contributed by atoms with Crippen LogP contribution in [0.15, 0.2) is 0 Å². The summed E-state index contributed by atoms with van der Waals surface area (Å²) in [6.45, 7) is 10.0. The Labute approximate surface area is 100 Å². The third-order valence-corrected chi connectivity index (χ3v) is 3.10. The van der Waals surface area contributed by atoms with Crippen molar-refractivity contribution in [1.29, 1.82) is 5.26 Å². The van der Waals surface area contributed by atoms with Crippen molar-refractivity contribution in [3.8, 4) is 6.07 Å². The molecule has 0 aromatic rings. The van der Waals surface area contributed by atoms with Crippen LogP contribution in [0.5, 0.6) is 0 Å². The Morgan fingerprint density at radius 3 is 2.53 bits per heavy atom. The van der Waals surface area contributed by atoms with Crippen LogP contribution in [0.2, 0.25) is 0 Å². The quantitative estimate of drug-likeness (QED) is 0.409. The molecule has 0 bridgehead atoms. The van der Waals surface area contributed by atoms with E-state index in [0.717, 1.165) is 0 Å². The monoisotopic (exact) mass is 234 g/mol. The van der Waals surface area contributed by atoms with Gasteiger partial charge in [0.15, 0.2) is 11.9 Å². The number of hydrogen-bond donors (Lipinski definition) is 0. The van der Waals surface area contributed by atoms with Gasteiger partial charge in [-0.25, -0.2) is 6.57 Å². The molecule has 90 valence electrons. The lowest BCUT2D eigenvalue weighted by Gasteiger charge is -2.26. The molecule has 1 aliphatic rings. The van der Waals surface area contributed by atoms with E-state index in [9.17, 15) is 9.59 Å². The van der Waals surface area contributed by atoms with Crippen molar-refractivity contribution in [2.45, 2.75) is 32.7 Å². The summed E-state index contributed by atoms with van der Waals surface area (Å²) < 4.78 is 4.90. The van der Waals surface area contributed by atoms with Gasteiger partial charge in [-0.15, -0.1) is 0 Å². The molecular weight excluding hydrogens is 220 g/mol. The predicted octanol–water partition coefficient (Wildman–Crippen LogP) is 1.35. The fourth-order valence-electron chi connectivity index (χ4n) is 2.15. The van der Waals surface area contributed by atoms with Crippen molar-refractivity contribution < 1.29 is 14.3 Å². The Hall–Kier alpha value is -1.88. The molecule has 5 nitrogen and oxygen atoms in total. The third kappa shape index (κ3) is 2.01. The molecule has 0 spiro atoms. The van der Waals surface area contributed by atoms with E-state index >= 15 is 0 Å². The molecule has 0 aromatic carbocycles. The number of carbonyl (C=O) groups excluding carboxylic acids is 2. The van der Waals surface area contributed by atoms with E-state index in [1.165, 1.54) is 6.92 Å². The summed E-state index contributed by atoms with van der Waals surface area (Å²) in [5, 5.41) is 8.98. The van der Waals surface area contributed by atoms with Gasteiger partial charge in [0.05, 0.1) is 6.61 Å². The molecule has 0 aliphatic heterocycles. The number of ketones is 1. The van der Waals surface area contributed by atoms with Crippen LogP contribution in [-0.4, -0.2) is 24.4 Å². The van der Waals surface area contributed by atoms with E-state index in [1.807, 2.05) is 0 Å². The number of nitrogens with zero attached hydrogens (tertiary/aromatic N) is 2. The highest BCUT2D eigenvalue weighted by Crippen LogP contribution is 2.50. The van der Waals surface area contributed by atoms with Crippen molar-refractivity contribution >= 4 is 11.8 Å². The summed E-state index contributed by atoms with van der Waals surface area (Å²) in [6, 6.07) is 0.473. The molecule has 1 aliphatic carbocycles. The summed E-state index contributed by atoms with van der Waals surface area (Å²) >= 11 is 0. The van der Waals surface area contributed by atoms with Gasteiger partial charge < -0.3 is 4.74 Å². The molecule has 1 saturated carbocycles. The molecule has 0 N–H and O–H groups in total. The molecule has 0 amide bonds. The molecule has 1 fully saturated rings. The lowest BCUT2D eigenvalue weighted by atomic mass is 9.73. The molecular formula is C12H14N2O3. The minimum Gasteiger partial charge on any atom is -0.465 e. The number of ether oxygens (including phenoxy) is 1. The van der Waals surface area contributed by atoms with Gasteiger partial charge in [-0.05, 0) is 32.6 Å². The summed E-state index contributed by atoms with van der Waals surface area (Å²) in [4.78, 5) is 27.0. The van der Waals surface area contributed by atoms with E-state index in [2.05, 4.69) is 4.85 Å². The largest absolute Gasteiger partial charge is 0.465 e. The number of carbonyl (C=O) groups is 2. The smallest absolute Gasteiger partial charge is 0.330 e. The Balaban J connectivity index is 3.24. The second-order valence-corrected chi connectivity index (χ2v) is 4.08.